The van der Waals surface area contributed by atoms with E-state index in [1.54, 1.807) is 7.11 Å². The van der Waals surface area contributed by atoms with Crippen LogP contribution in [0.1, 0.15) is 13.8 Å². The summed E-state index contributed by atoms with van der Waals surface area (Å²) in [7, 11) is 1.71. The molecule has 1 saturated heterocycles. The fourth-order valence-corrected chi connectivity index (χ4v) is 1.60. The molecule has 1 rings (SSSR count). The molecule has 0 saturated carbocycles. The monoisotopic (exact) mass is 217 g/mol. The summed E-state index contributed by atoms with van der Waals surface area (Å²) in [6.45, 7) is 7.98. The molecule has 2 atom stereocenters. The first-order chi connectivity index (χ1) is 7.12. The lowest BCUT2D eigenvalue weighted by atomic mass is 9.97. The van der Waals surface area contributed by atoms with E-state index in [-0.39, 0.29) is 11.6 Å². The first-order valence-electron chi connectivity index (χ1n) is 5.46. The molecule has 0 aliphatic carbocycles. The highest BCUT2D eigenvalue weighted by Crippen LogP contribution is 2.12. The van der Waals surface area contributed by atoms with Crippen LogP contribution >= 0.6 is 0 Å². The van der Waals surface area contributed by atoms with Gasteiger partial charge < -0.3 is 15.2 Å². The minimum Gasteiger partial charge on any atom is -0.380 e. The maximum absolute atomic E-state index is 5.80. The predicted octanol–water partition coefficient (Wildman–Crippen LogP) is -0.424. The molecule has 15 heavy (non-hydrogen) atoms. The van der Waals surface area contributed by atoms with Crippen molar-refractivity contribution in [1.82, 2.24) is 10.4 Å². The molecule has 1 aliphatic heterocycles. The number of nitrogens with one attached hydrogen (secondary N) is 1. The van der Waals surface area contributed by atoms with Gasteiger partial charge in [-0.3, -0.25) is 0 Å². The Kier molecular flexibility index (Phi) is 4.95. The smallest absolute Gasteiger partial charge is 0.0747 e. The average molecular weight is 217 g/mol. The molecule has 1 fully saturated rings. The topological polar surface area (TPSA) is 59.8 Å². The van der Waals surface area contributed by atoms with Crippen molar-refractivity contribution in [3.8, 4) is 0 Å². The van der Waals surface area contributed by atoms with Crippen LogP contribution in [0.3, 0.4) is 0 Å². The van der Waals surface area contributed by atoms with Gasteiger partial charge in [-0.2, -0.15) is 0 Å². The van der Waals surface area contributed by atoms with Crippen LogP contribution in [0.4, 0.5) is 0 Å². The van der Waals surface area contributed by atoms with Crippen LogP contribution in [0.5, 0.6) is 0 Å². The summed E-state index contributed by atoms with van der Waals surface area (Å²) in [5.41, 5.74) is 9.02. The minimum atomic E-state index is -0.216. The lowest BCUT2D eigenvalue weighted by molar-refractivity contribution is -0.0449. The predicted molar refractivity (Wildman–Crippen MR) is 59.5 cm³/mol. The Labute approximate surface area is 91.9 Å². The molecule has 5 nitrogen and oxygen atoms in total. The molecule has 0 radical (unpaired) electrons. The van der Waals surface area contributed by atoms with Gasteiger partial charge in [0.15, 0.2) is 0 Å². The zero-order valence-electron chi connectivity index (χ0n) is 9.95. The van der Waals surface area contributed by atoms with Gasteiger partial charge in [-0.1, -0.05) is 0 Å². The van der Waals surface area contributed by atoms with E-state index in [9.17, 15) is 0 Å². The van der Waals surface area contributed by atoms with Crippen molar-refractivity contribution < 1.29 is 9.47 Å². The van der Waals surface area contributed by atoms with Gasteiger partial charge in [0.1, 0.15) is 0 Å². The van der Waals surface area contributed by atoms with Crippen LogP contribution in [0.25, 0.3) is 0 Å². The van der Waals surface area contributed by atoms with E-state index < -0.39 is 0 Å². The number of methoxy groups -OCH3 is 1. The van der Waals surface area contributed by atoms with Gasteiger partial charge in [0, 0.05) is 26.7 Å². The molecule has 0 amide bonds. The van der Waals surface area contributed by atoms with Crippen LogP contribution < -0.4 is 11.2 Å². The van der Waals surface area contributed by atoms with Crippen LogP contribution in [-0.4, -0.2) is 56.6 Å². The molecule has 1 heterocycles. The van der Waals surface area contributed by atoms with Crippen molar-refractivity contribution in [1.29, 1.82) is 0 Å². The number of nitrogens with zero attached hydrogens (tertiary/aromatic N) is 1. The third-order valence-corrected chi connectivity index (χ3v) is 3.10. The minimum absolute atomic E-state index is 0.0744. The second-order valence-corrected chi connectivity index (χ2v) is 4.21. The normalized spacial score (nSPS) is 24.8. The Morgan fingerprint density at radius 1 is 1.53 bits per heavy atom. The molecule has 90 valence electrons. The number of ether oxygens (including phenoxy) is 2. The van der Waals surface area contributed by atoms with E-state index in [1.165, 1.54) is 0 Å². The van der Waals surface area contributed by atoms with Gasteiger partial charge in [-0.15, -0.1) is 0 Å². The molecule has 1 aliphatic rings. The van der Waals surface area contributed by atoms with E-state index in [0.717, 1.165) is 26.3 Å². The van der Waals surface area contributed by atoms with E-state index in [2.05, 4.69) is 17.4 Å². The van der Waals surface area contributed by atoms with E-state index in [0.29, 0.717) is 6.54 Å². The van der Waals surface area contributed by atoms with Crippen molar-refractivity contribution in [3.05, 3.63) is 0 Å². The third kappa shape index (κ3) is 3.39. The van der Waals surface area contributed by atoms with Gasteiger partial charge in [-0.25, -0.2) is 10.4 Å². The number of nitrogens with two attached hydrogens (primary N) is 1. The van der Waals surface area contributed by atoms with Crippen molar-refractivity contribution in [2.45, 2.75) is 25.5 Å². The summed E-state index contributed by atoms with van der Waals surface area (Å²) < 4.78 is 10.6. The molecule has 0 bridgehead atoms. The van der Waals surface area contributed by atoms with Crippen molar-refractivity contribution in [3.63, 3.8) is 0 Å². The second-order valence-electron chi connectivity index (χ2n) is 4.21. The van der Waals surface area contributed by atoms with Gasteiger partial charge in [-0.05, 0) is 13.8 Å². The number of rotatable bonds is 5. The molecule has 0 spiro atoms. The largest absolute Gasteiger partial charge is 0.380 e. The quantitative estimate of drug-likeness (QED) is 0.655. The van der Waals surface area contributed by atoms with Gasteiger partial charge in [0.25, 0.3) is 0 Å². The molecule has 0 aromatic rings. The average Bonchev–Trinajstić information content (AvgIpc) is 2.29. The van der Waals surface area contributed by atoms with Gasteiger partial charge >= 0.3 is 0 Å². The highest BCUT2D eigenvalue weighted by Gasteiger charge is 2.32. The van der Waals surface area contributed by atoms with Crippen LogP contribution in [-0.2, 0) is 9.47 Å². The third-order valence-electron chi connectivity index (χ3n) is 3.10. The Hall–Kier alpha value is -0.200. The van der Waals surface area contributed by atoms with Crippen molar-refractivity contribution >= 4 is 0 Å². The molecule has 2 unspecified atom stereocenters. The van der Waals surface area contributed by atoms with Crippen LogP contribution in [0.2, 0.25) is 0 Å². The Balaban J connectivity index is 2.50. The maximum Gasteiger partial charge on any atom is 0.0747 e. The fraction of sp³-hybridized carbons (Fsp3) is 1.00. The highest BCUT2D eigenvalue weighted by molar-refractivity contribution is 4.89. The molecule has 0 aromatic heterocycles. The molecule has 5 heteroatoms. The Morgan fingerprint density at radius 3 is 2.60 bits per heavy atom. The lowest BCUT2D eigenvalue weighted by Crippen LogP contribution is -2.64. The van der Waals surface area contributed by atoms with Crippen LogP contribution in [0.15, 0.2) is 0 Å². The summed E-state index contributed by atoms with van der Waals surface area (Å²) >= 11 is 0. The lowest BCUT2D eigenvalue weighted by Gasteiger charge is -2.40. The highest BCUT2D eigenvalue weighted by atomic mass is 16.5. The molecular formula is C10H23N3O2. The number of hydrazine groups is 1. The van der Waals surface area contributed by atoms with E-state index in [1.807, 2.05) is 6.92 Å². The zero-order valence-corrected chi connectivity index (χ0v) is 9.95. The summed E-state index contributed by atoms with van der Waals surface area (Å²) in [6.07, 6.45) is 0.0744. The van der Waals surface area contributed by atoms with Crippen LogP contribution in [0, 0.1) is 0 Å². The number of hydrogen-bond donors (Lipinski definition) is 2. The van der Waals surface area contributed by atoms with Crippen molar-refractivity contribution in [2.75, 3.05) is 40.0 Å². The van der Waals surface area contributed by atoms with Gasteiger partial charge in [0.2, 0.25) is 0 Å². The summed E-state index contributed by atoms with van der Waals surface area (Å²) in [4.78, 5) is 0. The zero-order chi connectivity index (χ0) is 11.3. The first-order valence-corrected chi connectivity index (χ1v) is 5.46. The van der Waals surface area contributed by atoms with Crippen molar-refractivity contribution in [2.24, 2.45) is 5.73 Å². The van der Waals surface area contributed by atoms with E-state index in [4.69, 9.17) is 15.2 Å². The Morgan fingerprint density at radius 2 is 2.13 bits per heavy atom. The summed E-state index contributed by atoms with van der Waals surface area (Å²) in [6, 6.07) is 0. The summed E-state index contributed by atoms with van der Waals surface area (Å²) in [5.74, 6) is 0. The molecule has 0 aromatic carbocycles. The summed E-state index contributed by atoms with van der Waals surface area (Å²) in [5, 5.41) is 2.16. The standard InChI is InChI=1S/C10H23N3O2/c1-9(14-3)10(2,8-11)12-13-4-6-15-7-5-13/h9,12H,4-8,11H2,1-3H3. The number of hydrogen-bond acceptors (Lipinski definition) is 5. The second kappa shape index (κ2) is 5.77. The molecular weight excluding hydrogens is 194 g/mol. The van der Waals surface area contributed by atoms with E-state index >= 15 is 0 Å². The SMILES string of the molecule is COC(C)C(C)(CN)NN1CCOCC1. The number of morpholine rings is 1. The molecule has 3 N–H and O–H groups in total. The maximum atomic E-state index is 5.80. The Bertz CT molecular complexity index is 186. The van der Waals surface area contributed by atoms with Gasteiger partial charge in [0.05, 0.1) is 24.9 Å². The fourth-order valence-electron chi connectivity index (χ4n) is 1.60. The first kappa shape index (κ1) is 12.9.